The van der Waals surface area contributed by atoms with Crippen LogP contribution in [0.5, 0.6) is 46.0 Å². The molecule has 8 aliphatic rings. The van der Waals surface area contributed by atoms with Gasteiger partial charge in [0.2, 0.25) is 0 Å². The maximum absolute atomic E-state index is 12.8. The van der Waals surface area contributed by atoms with E-state index in [2.05, 4.69) is 70.1 Å². The van der Waals surface area contributed by atoms with Crippen LogP contribution in [-0.4, -0.2) is 201 Å². The van der Waals surface area contributed by atoms with E-state index in [-0.39, 0.29) is 101 Å². The molecule has 0 aliphatic carbocycles. The normalized spacial score (nSPS) is 30.2. The Morgan fingerprint density at radius 3 is 0.783 bits per heavy atom. The predicted octanol–water partition coefficient (Wildman–Crippen LogP) is 14.3. The van der Waals surface area contributed by atoms with Gasteiger partial charge in [-0.15, -0.1) is 0 Å². The number of hydrogen-bond donors (Lipinski definition) is 4. The second kappa shape index (κ2) is 43.9. The molecule has 24 nitrogen and oxygen atoms in total. The average molecular weight is 1690 g/mol. The molecule has 4 fully saturated rings. The highest BCUT2D eigenvalue weighted by Gasteiger charge is 2.47. The van der Waals surface area contributed by atoms with Gasteiger partial charge in [-0.05, 0) is 192 Å². The summed E-state index contributed by atoms with van der Waals surface area (Å²) in [4.78, 5) is 59.6. The van der Waals surface area contributed by atoms with E-state index in [0.29, 0.717) is 118 Å². The maximum Gasteiger partial charge on any atom is 0.323 e. The second-order valence-electron chi connectivity index (χ2n) is 36.8. The minimum atomic E-state index is -2.64. The van der Waals surface area contributed by atoms with Crippen molar-refractivity contribution in [1.29, 1.82) is 0 Å². The molecule has 672 valence electrons. The van der Waals surface area contributed by atoms with E-state index in [0.717, 1.165) is 84.1 Å². The van der Waals surface area contributed by atoms with Crippen molar-refractivity contribution in [2.24, 2.45) is 93.9 Å². The van der Waals surface area contributed by atoms with E-state index >= 15 is 0 Å². The fourth-order valence-corrected chi connectivity index (χ4v) is 17.9. The molecule has 12 unspecified atom stereocenters. The number of nitrogens with zero attached hydrogens (tertiary/aromatic N) is 4. The van der Waals surface area contributed by atoms with Crippen LogP contribution in [0, 0.1) is 71.0 Å². The Hall–Kier alpha value is -7.16. The molecule has 8 N–H and O–H groups in total. The zero-order valence-electron chi connectivity index (χ0n) is 87.8. The molecule has 120 heavy (non-hydrogen) atoms. The van der Waals surface area contributed by atoms with E-state index < -0.39 is 98.5 Å². The van der Waals surface area contributed by atoms with Crippen LogP contribution >= 0.6 is 0 Å². The molecule has 24 heteroatoms. The highest BCUT2D eigenvalue weighted by atomic mass is 16.6. The van der Waals surface area contributed by atoms with Crippen molar-refractivity contribution in [3.8, 4) is 46.0 Å². The number of nitrogens with two attached hydrogens (primary N) is 4. The number of ether oxygens (including phenoxy) is 12. The third-order valence-corrected chi connectivity index (χ3v) is 24.8. The Morgan fingerprint density at radius 2 is 0.550 bits per heavy atom. The molecular weight excluding hydrogens is 1520 g/mol. The minimum Gasteiger partial charge on any atom is -0.493 e. The van der Waals surface area contributed by atoms with Crippen LogP contribution in [-0.2, 0) is 63.8 Å². The van der Waals surface area contributed by atoms with Gasteiger partial charge < -0.3 is 79.8 Å². The van der Waals surface area contributed by atoms with E-state index in [1.54, 1.807) is 52.7 Å². The Bertz CT molecular complexity index is 4610. The standard InChI is InChI=1S/4C24H38N2O4/c4*1-14(2)9-17-13-26-8-7-16-10-21(28-5)22(29-6)11-18(16)19(26)12-20(17)30-24(27)23(25)15(3)4/h4*10-11,14-15,17,19-20,23H,7-9,12-13,25H2,1-6H3/t4*17?,19?,20?,23-/m0000/s1/i5D3,19D,20D;19D,20D;5D3,19D;19D. The first-order chi connectivity index (χ1) is 61.4. The Labute approximate surface area is 735 Å². The monoisotopic (exact) mass is 1690 g/mol. The van der Waals surface area contributed by atoms with Crippen molar-refractivity contribution in [3.05, 3.63) is 93.0 Å². The molecule has 16 atom stereocenters. The first-order valence-corrected chi connectivity index (χ1v) is 43.6. The summed E-state index contributed by atoms with van der Waals surface area (Å²) in [7, 11) is 4.01. The summed E-state index contributed by atoms with van der Waals surface area (Å²) in [5.74, 6) is 2.21. The number of rotatable bonds is 28. The van der Waals surface area contributed by atoms with Gasteiger partial charge in [0, 0.05) is 126 Å². The van der Waals surface area contributed by atoms with Gasteiger partial charge in [-0.25, -0.2) is 0 Å². The van der Waals surface area contributed by atoms with Gasteiger partial charge in [0.1, 0.15) is 48.5 Å². The zero-order valence-corrected chi connectivity index (χ0v) is 75.8. The number of hydrogen-bond acceptors (Lipinski definition) is 24. The van der Waals surface area contributed by atoms with Gasteiger partial charge in [-0.3, -0.25) is 38.8 Å². The smallest absolute Gasteiger partial charge is 0.323 e. The molecule has 0 bridgehead atoms. The Kier molecular flexibility index (Phi) is 29.3. The van der Waals surface area contributed by atoms with Gasteiger partial charge in [0.15, 0.2) is 46.0 Å². The van der Waals surface area contributed by atoms with Gasteiger partial charge >= 0.3 is 23.9 Å². The first-order valence-electron chi connectivity index (χ1n) is 49.6. The summed E-state index contributed by atoms with van der Waals surface area (Å²) < 4.78 is 168. The molecule has 8 aliphatic heterocycles. The van der Waals surface area contributed by atoms with Crippen molar-refractivity contribution in [1.82, 2.24) is 19.6 Å². The summed E-state index contributed by atoms with van der Waals surface area (Å²) >= 11 is 0. The quantitative estimate of drug-likeness (QED) is 0.0303. The van der Waals surface area contributed by atoms with Crippen molar-refractivity contribution in [2.75, 3.05) is 109 Å². The molecule has 0 aromatic heterocycles. The SMILES string of the molecule is [2H]C([2H])([2H])Oc1cc2c(cc1OC)C1([2H])CC(OC(=O)[C@@H](N)C(C)C)C(CC(C)C)CN1CC2.[2H]C([2H])([2H])Oc1cc2c(cc1OC)C1([2H])CC([2H])(OC(=O)[C@@H](N)C(C)C)C(CC(C)C)CN1CC2.[2H]C1(OC(=O)[C@@H](N)C(C)C)CC2([2H])c3cc(OC)c(OC)cc3CCN2CC1CC(C)C.[2H]C12CC(OC(=O)[C@@H](N)C(C)C)C(CC(C)C)CN1CCc1cc(OC)c(OC)cc12. The summed E-state index contributed by atoms with van der Waals surface area (Å²) in [6.45, 7) is 37.0. The van der Waals surface area contributed by atoms with Gasteiger partial charge in [0.05, 0.1) is 73.2 Å². The molecule has 4 aromatic rings. The number of fused-ring (bicyclic) bond motifs is 12. The lowest BCUT2D eigenvalue weighted by molar-refractivity contribution is -0.161. The molecule has 4 saturated heterocycles. The highest BCUT2D eigenvalue weighted by Crippen LogP contribution is 2.50. The molecule has 0 spiro atoms. The van der Waals surface area contributed by atoms with Gasteiger partial charge in [0.25, 0.3) is 0 Å². The molecule has 12 rings (SSSR count). The van der Waals surface area contributed by atoms with E-state index in [9.17, 15) is 27.4 Å². The molecular formula is C96H152N8O16. The zero-order chi connectivity index (χ0) is 98.5. The fourth-order valence-electron chi connectivity index (χ4n) is 17.9. The van der Waals surface area contributed by atoms with Crippen molar-refractivity contribution >= 4 is 23.9 Å². The highest BCUT2D eigenvalue weighted by molar-refractivity contribution is 5.77. The van der Waals surface area contributed by atoms with E-state index in [4.69, 9.17) is 88.0 Å². The number of piperidine rings is 4. The molecule has 0 amide bonds. The molecule has 4 aromatic carbocycles. The van der Waals surface area contributed by atoms with Gasteiger partial charge in [-0.1, -0.05) is 111 Å². The number of carbonyl (C=O) groups is 4. The third-order valence-electron chi connectivity index (χ3n) is 24.8. The van der Waals surface area contributed by atoms with Crippen LogP contribution in [0.25, 0.3) is 0 Å². The van der Waals surface area contributed by atoms with Crippen LogP contribution in [0.2, 0.25) is 0 Å². The van der Waals surface area contributed by atoms with Crippen LogP contribution < -0.4 is 60.8 Å². The lowest BCUT2D eigenvalue weighted by Gasteiger charge is -2.47. The van der Waals surface area contributed by atoms with Crippen LogP contribution in [0.15, 0.2) is 48.5 Å². The Morgan fingerprint density at radius 1 is 0.333 bits per heavy atom. The summed E-state index contributed by atoms with van der Waals surface area (Å²) in [6, 6.07) is 6.60. The summed E-state index contributed by atoms with van der Waals surface area (Å²) in [6.07, 6.45) is 2.88. The largest absolute Gasteiger partial charge is 0.493 e. The lowest BCUT2D eigenvalue weighted by Crippen LogP contribution is -2.51. The molecule has 0 saturated carbocycles. The minimum absolute atomic E-state index is 0.00762. The molecule has 8 heterocycles. The predicted molar refractivity (Wildman–Crippen MR) is 471 cm³/mol. The van der Waals surface area contributed by atoms with Gasteiger partial charge in [-0.2, -0.15) is 0 Å². The topological polar surface area (TPSA) is 296 Å². The second-order valence-corrected chi connectivity index (χ2v) is 36.8. The third kappa shape index (κ3) is 23.8. The van der Waals surface area contributed by atoms with Crippen LogP contribution in [0.3, 0.4) is 0 Å². The number of benzene rings is 4. The van der Waals surface area contributed by atoms with Crippen LogP contribution in [0.4, 0.5) is 0 Å². The van der Waals surface area contributed by atoms with Crippen LogP contribution in [0.1, 0.15) is 247 Å². The van der Waals surface area contributed by atoms with Crippen molar-refractivity contribution < 1.29 is 92.5 Å². The van der Waals surface area contributed by atoms with Crippen molar-refractivity contribution in [3.63, 3.8) is 0 Å². The van der Waals surface area contributed by atoms with E-state index in [1.165, 1.54) is 14.2 Å². The molecule has 0 radical (unpaired) electrons. The summed E-state index contributed by atoms with van der Waals surface area (Å²) in [5.41, 5.74) is 30.9. The Balaban J connectivity index is 0.000000198. The van der Waals surface area contributed by atoms with E-state index in [1.807, 2.05) is 84.6 Å². The fraction of sp³-hybridized carbons (Fsp3) is 0.708. The maximum atomic E-state index is 12.8. The number of carbonyl (C=O) groups excluding carboxylic acids is 4. The number of methoxy groups -OCH3 is 8. The number of esters is 4. The summed E-state index contributed by atoms with van der Waals surface area (Å²) in [5, 5.41) is 0. The first kappa shape index (κ1) is 80.0. The average Bonchev–Trinajstić information content (AvgIpc) is 0.647. The van der Waals surface area contributed by atoms with Crippen molar-refractivity contribution in [2.45, 2.75) is 260 Å². The lowest BCUT2D eigenvalue weighted by atomic mass is 9.79.